The van der Waals surface area contributed by atoms with Crippen LogP contribution < -0.4 is 10.6 Å². The van der Waals surface area contributed by atoms with Crippen molar-refractivity contribution in [3.8, 4) is 0 Å². The zero-order valence-electron chi connectivity index (χ0n) is 11.6. The summed E-state index contributed by atoms with van der Waals surface area (Å²) in [6.07, 6.45) is -2.93. The second-order valence-electron chi connectivity index (χ2n) is 4.88. The molecule has 1 saturated heterocycles. The predicted octanol–water partition coefficient (Wildman–Crippen LogP) is 1.94. The average Bonchev–Trinajstić information content (AvgIpc) is 2.97. The predicted molar refractivity (Wildman–Crippen MR) is 72.1 cm³/mol. The molecule has 1 unspecified atom stereocenters. The number of carbonyl (C=O) groups is 2. The van der Waals surface area contributed by atoms with Crippen LogP contribution in [-0.2, 0) is 20.5 Å². The molecule has 1 aromatic rings. The van der Waals surface area contributed by atoms with Gasteiger partial charge in [-0.25, -0.2) is 0 Å². The Kier molecular flexibility index (Phi) is 5.02. The van der Waals surface area contributed by atoms with E-state index in [1.807, 2.05) is 0 Å². The Morgan fingerprint density at radius 1 is 1.27 bits per heavy atom. The van der Waals surface area contributed by atoms with Crippen molar-refractivity contribution < 1.29 is 27.5 Å². The number of hydrogen-bond acceptors (Lipinski definition) is 3. The molecule has 1 atom stereocenters. The second-order valence-corrected chi connectivity index (χ2v) is 4.88. The first-order chi connectivity index (χ1) is 10.4. The van der Waals surface area contributed by atoms with Gasteiger partial charge in [-0.15, -0.1) is 0 Å². The Balaban J connectivity index is 1.89. The number of rotatable bonds is 3. The minimum absolute atomic E-state index is 0.0907. The van der Waals surface area contributed by atoms with Crippen LogP contribution in [0.2, 0.25) is 0 Å². The van der Waals surface area contributed by atoms with Crippen LogP contribution in [0.3, 0.4) is 0 Å². The highest BCUT2D eigenvalue weighted by atomic mass is 19.4. The summed E-state index contributed by atoms with van der Waals surface area (Å²) in [4.78, 5) is 23.2. The highest BCUT2D eigenvalue weighted by Gasteiger charge is 2.30. The first-order valence-electron chi connectivity index (χ1n) is 6.74. The van der Waals surface area contributed by atoms with Crippen molar-refractivity contribution in [1.82, 2.24) is 5.32 Å². The van der Waals surface area contributed by atoms with E-state index in [1.165, 1.54) is 6.07 Å². The zero-order chi connectivity index (χ0) is 16.2. The Morgan fingerprint density at radius 2 is 2.05 bits per heavy atom. The summed E-state index contributed by atoms with van der Waals surface area (Å²) in [6, 6.07) is 4.08. The smallest absolute Gasteiger partial charge is 0.376 e. The molecule has 120 valence electrons. The topological polar surface area (TPSA) is 67.4 Å². The van der Waals surface area contributed by atoms with E-state index in [0.717, 1.165) is 31.0 Å². The largest absolute Gasteiger partial charge is 0.416 e. The third kappa shape index (κ3) is 4.45. The number of halogens is 3. The van der Waals surface area contributed by atoms with Gasteiger partial charge < -0.3 is 15.4 Å². The molecule has 1 aliphatic heterocycles. The van der Waals surface area contributed by atoms with Crippen molar-refractivity contribution in [2.45, 2.75) is 25.1 Å². The van der Waals surface area contributed by atoms with Gasteiger partial charge in [-0.05, 0) is 31.0 Å². The fourth-order valence-corrected chi connectivity index (χ4v) is 2.05. The summed E-state index contributed by atoms with van der Waals surface area (Å²) in [5.41, 5.74) is -0.989. The van der Waals surface area contributed by atoms with Gasteiger partial charge in [-0.3, -0.25) is 9.59 Å². The quantitative estimate of drug-likeness (QED) is 0.838. The Hall–Kier alpha value is -2.09. The van der Waals surface area contributed by atoms with E-state index >= 15 is 0 Å². The summed E-state index contributed by atoms with van der Waals surface area (Å²) < 4.78 is 42.9. The number of alkyl halides is 3. The molecule has 2 rings (SSSR count). The molecule has 0 aliphatic carbocycles. The monoisotopic (exact) mass is 316 g/mol. The van der Waals surface area contributed by atoms with E-state index in [1.54, 1.807) is 0 Å². The van der Waals surface area contributed by atoms with Crippen LogP contribution in [0.25, 0.3) is 0 Å². The van der Waals surface area contributed by atoms with Gasteiger partial charge in [0.25, 0.3) is 0 Å². The molecule has 8 heteroatoms. The van der Waals surface area contributed by atoms with Crippen LogP contribution in [0.1, 0.15) is 18.4 Å². The molecule has 0 bridgehead atoms. The molecule has 0 spiro atoms. The van der Waals surface area contributed by atoms with Crippen LogP contribution >= 0.6 is 0 Å². The molecular formula is C14H15F3N2O3. The highest BCUT2D eigenvalue weighted by Crippen LogP contribution is 2.30. The van der Waals surface area contributed by atoms with Gasteiger partial charge in [-0.1, -0.05) is 6.07 Å². The van der Waals surface area contributed by atoms with Crippen LogP contribution in [0.4, 0.5) is 18.9 Å². The number of anilines is 1. The molecule has 1 heterocycles. The number of carbonyl (C=O) groups excluding carboxylic acids is 2. The van der Waals surface area contributed by atoms with E-state index in [9.17, 15) is 22.8 Å². The molecule has 2 N–H and O–H groups in total. The van der Waals surface area contributed by atoms with Gasteiger partial charge in [0, 0.05) is 18.8 Å². The third-order valence-electron chi connectivity index (χ3n) is 3.17. The Bertz CT molecular complexity index is 555. The number of benzene rings is 1. The van der Waals surface area contributed by atoms with Crippen molar-refractivity contribution in [2.75, 3.05) is 18.5 Å². The van der Waals surface area contributed by atoms with Crippen LogP contribution in [-0.4, -0.2) is 31.1 Å². The molecule has 0 radical (unpaired) electrons. The zero-order valence-corrected chi connectivity index (χ0v) is 11.6. The number of hydrogen-bond donors (Lipinski definition) is 2. The molecule has 0 saturated carbocycles. The average molecular weight is 316 g/mol. The lowest BCUT2D eigenvalue weighted by molar-refractivity contribution is -0.137. The van der Waals surface area contributed by atoms with Gasteiger partial charge in [0.1, 0.15) is 0 Å². The summed E-state index contributed by atoms with van der Waals surface area (Å²) >= 11 is 0. The summed E-state index contributed by atoms with van der Waals surface area (Å²) in [5, 5.41) is 4.53. The van der Waals surface area contributed by atoms with Crippen molar-refractivity contribution in [2.24, 2.45) is 0 Å². The third-order valence-corrected chi connectivity index (χ3v) is 3.17. The van der Waals surface area contributed by atoms with Crippen molar-refractivity contribution in [3.63, 3.8) is 0 Å². The van der Waals surface area contributed by atoms with E-state index in [4.69, 9.17) is 4.74 Å². The molecular weight excluding hydrogens is 301 g/mol. The first-order valence-corrected chi connectivity index (χ1v) is 6.74. The van der Waals surface area contributed by atoms with E-state index < -0.39 is 23.6 Å². The lowest BCUT2D eigenvalue weighted by Crippen LogP contribution is -2.39. The maximum Gasteiger partial charge on any atom is 0.416 e. The maximum atomic E-state index is 12.6. The minimum atomic E-state index is -4.51. The highest BCUT2D eigenvalue weighted by molar-refractivity contribution is 6.39. The van der Waals surface area contributed by atoms with Gasteiger partial charge in [0.2, 0.25) is 0 Å². The normalized spacial score (nSPS) is 18.0. The van der Waals surface area contributed by atoms with E-state index in [2.05, 4.69) is 10.6 Å². The molecule has 2 amide bonds. The molecule has 22 heavy (non-hydrogen) atoms. The Morgan fingerprint density at radius 3 is 2.68 bits per heavy atom. The van der Waals surface area contributed by atoms with Gasteiger partial charge in [0.15, 0.2) is 0 Å². The number of amides is 2. The molecule has 5 nitrogen and oxygen atoms in total. The van der Waals surface area contributed by atoms with Gasteiger partial charge in [0.05, 0.1) is 11.7 Å². The number of nitrogens with one attached hydrogen (secondary N) is 2. The Labute approximate surface area is 124 Å². The fraction of sp³-hybridized carbons (Fsp3) is 0.429. The van der Waals surface area contributed by atoms with E-state index in [-0.39, 0.29) is 18.3 Å². The van der Waals surface area contributed by atoms with E-state index in [0.29, 0.717) is 6.61 Å². The van der Waals surface area contributed by atoms with Crippen molar-refractivity contribution in [1.29, 1.82) is 0 Å². The molecule has 1 aromatic carbocycles. The van der Waals surface area contributed by atoms with Gasteiger partial charge in [-0.2, -0.15) is 13.2 Å². The lowest BCUT2D eigenvalue weighted by atomic mass is 10.2. The summed E-state index contributed by atoms with van der Waals surface area (Å²) in [7, 11) is 0. The molecule has 1 aliphatic rings. The standard InChI is InChI=1S/C14H15F3N2O3/c15-14(16,17)9-3-1-4-10(7-9)19-13(21)12(20)18-8-11-5-2-6-22-11/h1,3-4,7,11H,2,5-6,8H2,(H,18,20)(H,19,21). The van der Waals surface area contributed by atoms with Crippen LogP contribution in [0, 0.1) is 0 Å². The fourth-order valence-electron chi connectivity index (χ4n) is 2.05. The van der Waals surface area contributed by atoms with Crippen LogP contribution in [0.15, 0.2) is 24.3 Å². The summed E-state index contributed by atoms with van der Waals surface area (Å²) in [5.74, 6) is -1.93. The summed E-state index contributed by atoms with van der Waals surface area (Å²) in [6.45, 7) is 0.825. The SMILES string of the molecule is O=C(NCC1CCCO1)C(=O)Nc1cccc(C(F)(F)F)c1. The van der Waals surface area contributed by atoms with Crippen LogP contribution in [0.5, 0.6) is 0 Å². The molecule has 0 aromatic heterocycles. The second kappa shape index (κ2) is 6.78. The minimum Gasteiger partial charge on any atom is -0.376 e. The maximum absolute atomic E-state index is 12.6. The molecule has 1 fully saturated rings. The number of ether oxygens (including phenoxy) is 1. The van der Waals surface area contributed by atoms with Crippen molar-refractivity contribution in [3.05, 3.63) is 29.8 Å². The van der Waals surface area contributed by atoms with Gasteiger partial charge >= 0.3 is 18.0 Å². The lowest BCUT2D eigenvalue weighted by Gasteiger charge is -2.12. The van der Waals surface area contributed by atoms with Crippen molar-refractivity contribution >= 4 is 17.5 Å². The first kappa shape index (κ1) is 16.3.